The lowest BCUT2D eigenvalue weighted by atomic mass is 9.82. The summed E-state index contributed by atoms with van der Waals surface area (Å²) in [4.78, 5) is 29.6. The maximum absolute atomic E-state index is 12.7. The maximum Gasteiger partial charge on any atom is 0.310 e. The number of aromatic nitrogens is 1. The van der Waals surface area contributed by atoms with Gasteiger partial charge in [-0.1, -0.05) is 42.5 Å². The van der Waals surface area contributed by atoms with Crippen molar-refractivity contribution in [1.29, 1.82) is 0 Å². The predicted molar refractivity (Wildman–Crippen MR) is 93.3 cm³/mol. The van der Waals surface area contributed by atoms with Gasteiger partial charge in [-0.25, -0.2) is 4.98 Å². The summed E-state index contributed by atoms with van der Waals surface area (Å²) in [5, 5.41) is 12.7. The smallest absolute Gasteiger partial charge is 0.310 e. The number of rotatable bonds is 4. The van der Waals surface area contributed by atoms with Crippen LogP contribution >= 0.6 is 11.3 Å². The first kappa shape index (κ1) is 16.0. The van der Waals surface area contributed by atoms with Crippen LogP contribution in [-0.2, 0) is 14.3 Å². The van der Waals surface area contributed by atoms with E-state index < -0.39 is 30.0 Å². The van der Waals surface area contributed by atoms with Crippen LogP contribution in [0.3, 0.4) is 0 Å². The largest absolute Gasteiger partial charge is 0.481 e. The number of aliphatic carboxylic acids is 1. The monoisotopic (exact) mass is 356 g/mol. The first-order valence-electron chi connectivity index (χ1n) is 7.95. The molecule has 0 saturated carbocycles. The summed E-state index contributed by atoms with van der Waals surface area (Å²) in [5.74, 6) is -2.98. The van der Waals surface area contributed by atoms with E-state index in [0.29, 0.717) is 5.13 Å². The van der Waals surface area contributed by atoms with Gasteiger partial charge in [0, 0.05) is 10.4 Å². The number of carboxylic acid groups (broad SMARTS) is 1. The van der Waals surface area contributed by atoms with Gasteiger partial charge in [-0.3, -0.25) is 9.59 Å². The number of thiazole rings is 1. The normalized spacial score (nSPS) is 26.8. The molecule has 2 aliphatic heterocycles. The van der Waals surface area contributed by atoms with Crippen LogP contribution in [0.1, 0.15) is 4.88 Å². The van der Waals surface area contributed by atoms with E-state index in [1.165, 1.54) is 11.3 Å². The minimum atomic E-state index is -1.02. The van der Waals surface area contributed by atoms with Crippen molar-refractivity contribution in [1.82, 2.24) is 4.98 Å². The number of carbonyl (C=O) groups excluding carboxylic acids is 1. The van der Waals surface area contributed by atoms with E-state index in [9.17, 15) is 14.7 Å². The number of ether oxygens (including phenoxy) is 1. The summed E-state index contributed by atoms with van der Waals surface area (Å²) >= 11 is 1.38. The molecule has 4 atom stereocenters. The predicted octanol–water partition coefficient (Wildman–Crippen LogP) is 2.71. The van der Waals surface area contributed by atoms with Crippen LogP contribution in [0.5, 0.6) is 0 Å². The zero-order valence-corrected chi connectivity index (χ0v) is 14.2. The van der Waals surface area contributed by atoms with Crippen LogP contribution in [0.2, 0.25) is 0 Å². The molecule has 0 spiro atoms. The van der Waals surface area contributed by atoms with E-state index in [1.807, 2.05) is 37.3 Å². The Morgan fingerprint density at radius 1 is 1.16 bits per heavy atom. The molecule has 0 unspecified atom stereocenters. The second-order valence-corrected chi connectivity index (χ2v) is 7.32. The van der Waals surface area contributed by atoms with Crippen molar-refractivity contribution in [3.05, 3.63) is 47.4 Å². The number of aryl methyl sites for hydroxylation is 1. The van der Waals surface area contributed by atoms with Crippen LogP contribution in [0.25, 0.3) is 11.3 Å². The van der Waals surface area contributed by atoms with Crippen molar-refractivity contribution < 1.29 is 19.4 Å². The quantitative estimate of drug-likeness (QED) is 0.823. The number of nitrogens with zero attached hydrogens (tertiary/aromatic N) is 1. The van der Waals surface area contributed by atoms with Crippen LogP contribution in [0.15, 0.2) is 42.5 Å². The Morgan fingerprint density at radius 3 is 2.52 bits per heavy atom. The molecule has 25 heavy (non-hydrogen) atoms. The van der Waals surface area contributed by atoms with Gasteiger partial charge in [0.05, 0.1) is 23.8 Å². The fraction of sp³-hybridized carbons (Fsp3) is 0.278. The standard InChI is InChI=1S/C18H16N2O4S/c1-9-15(10-5-3-2-4-6-10)19-18(25-9)20-16(21)13-11-7-8-12(24-11)14(13)17(22)23/h2-8,11-14H,1H3,(H,22,23)(H,19,20,21)/t11-,12+,13-,14-/m0/s1. The SMILES string of the molecule is Cc1sc(NC(=O)[C@@H]2[C@@H](C(=O)O)[C@H]3C=C[C@@H]2O3)nc1-c1ccccc1. The molecule has 2 aromatic rings. The summed E-state index contributed by atoms with van der Waals surface area (Å²) < 4.78 is 5.55. The van der Waals surface area contributed by atoms with Crippen molar-refractivity contribution in [3.63, 3.8) is 0 Å². The van der Waals surface area contributed by atoms with E-state index in [1.54, 1.807) is 12.2 Å². The summed E-state index contributed by atoms with van der Waals surface area (Å²) in [5.41, 5.74) is 1.80. The topological polar surface area (TPSA) is 88.5 Å². The number of hydrogen-bond acceptors (Lipinski definition) is 5. The summed E-state index contributed by atoms with van der Waals surface area (Å²) in [6.07, 6.45) is 2.46. The number of hydrogen-bond donors (Lipinski definition) is 2. The van der Waals surface area contributed by atoms with E-state index in [0.717, 1.165) is 16.1 Å². The number of nitrogens with one attached hydrogen (secondary N) is 1. The molecule has 1 amide bonds. The molecule has 0 radical (unpaired) electrons. The van der Waals surface area contributed by atoms with Gasteiger partial charge in [0.25, 0.3) is 0 Å². The summed E-state index contributed by atoms with van der Waals surface area (Å²) in [6.45, 7) is 1.94. The molecule has 0 aliphatic carbocycles. The van der Waals surface area contributed by atoms with Crippen molar-refractivity contribution >= 4 is 28.3 Å². The van der Waals surface area contributed by atoms with Gasteiger partial charge in [0.2, 0.25) is 5.91 Å². The molecule has 2 N–H and O–H groups in total. The van der Waals surface area contributed by atoms with Gasteiger partial charge in [-0.05, 0) is 6.92 Å². The number of benzene rings is 1. The first-order chi connectivity index (χ1) is 12.0. The van der Waals surface area contributed by atoms with Gasteiger partial charge < -0.3 is 15.2 Å². The zero-order chi connectivity index (χ0) is 17.6. The minimum Gasteiger partial charge on any atom is -0.481 e. The van der Waals surface area contributed by atoms with Crippen molar-refractivity contribution in [3.8, 4) is 11.3 Å². The van der Waals surface area contributed by atoms with Crippen LogP contribution in [0, 0.1) is 18.8 Å². The van der Waals surface area contributed by atoms with Crippen LogP contribution < -0.4 is 5.32 Å². The third-order valence-electron chi connectivity index (χ3n) is 4.56. The highest BCUT2D eigenvalue weighted by Crippen LogP contribution is 2.40. The molecule has 6 nitrogen and oxygen atoms in total. The molecule has 1 fully saturated rings. The molecule has 2 aliphatic rings. The fourth-order valence-corrected chi connectivity index (χ4v) is 4.26. The molecule has 1 aromatic heterocycles. The Balaban J connectivity index is 1.56. The van der Waals surface area contributed by atoms with E-state index in [2.05, 4.69) is 10.3 Å². The van der Waals surface area contributed by atoms with Gasteiger partial charge in [-0.2, -0.15) is 0 Å². The lowest BCUT2D eigenvalue weighted by Crippen LogP contribution is -2.39. The number of anilines is 1. The highest BCUT2D eigenvalue weighted by Gasteiger charge is 2.53. The second-order valence-electron chi connectivity index (χ2n) is 6.12. The van der Waals surface area contributed by atoms with E-state index >= 15 is 0 Å². The molecule has 4 rings (SSSR count). The Kier molecular flexibility index (Phi) is 3.89. The molecule has 7 heteroatoms. The molecule has 128 valence electrons. The average Bonchev–Trinajstić information content (AvgIpc) is 3.29. The van der Waals surface area contributed by atoms with Crippen molar-refractivity contribution in [2.75, 3.05) is 5.32 Å². The second kappa shape index (κ2) is 6.09. The van der Waals surface area contributed by atoms with Gasteiger partial charge in [-0.15, -0.1) is 11.3 Å². The highest BCUT2D eigenvalue weighted by molar-refractivity contribution is 7.16. The highest BCUT2D eigenvalue weighted by atomic mass is 32.1. The fourth-order valence-electron chi connectivity index (χ4n) is 3.42. The number of carbonyl (C=O) groups is 2. The van der Waals surface area contributed by atoms with Gasteiger partial charge in [0.15, 0.2) is 5.13 Å². The Morgan fingerprint density at radius 2 is 1.84 bits per heavy atom. The van der Waals surface area contributed by atoms with Gasteiger partial charge >= 0.3 is 5.97 Å². The average molecular weight is 356 g/mol. The summed E-state index contributed by atoms with van der Waals surface area (Å²) in [7, 11) is 0. The zero-order valence-electron chi connectivity index (χ0n) is 13.4. The Bertz CT molecular complexity index is 861. The Labute approximate surface area is 148 Å². The Hall–Kier alpha value is -2.51. The lowest BCUT2D eigenvalue weighted by Gasteiger charge is -2.20. The molecular formula is C18H16N2O4S. The van der Waals surface area contributed by atoms with Crippen molar-refractivity contribution in [2.24, 2.45) is 11.8 Å². The van der Waals surface area contributed by atoms with Gasteiger partial charge in [0.1, 0.15) is 5.92 Å². The third kappa shape index (κ3) is 2.75. The lowest BCUT2D eigenvalue weighted by molar-refractivity contribution is -0.145. The van der Waals surface area contributed by atoms with E-state index in [4.69, 9.17) is 4.74 Å². The summed E-state index contributed by atoms with van der Waals surface area (Å²) in [6, 6.07) is 9.72. The van der Waals surface area contributed by atoms with Crippen LogP contribution in [0.4, 0.5) is 5.13 Å². The minimum absolute atomic E-state index is 0.363. The third-order valence-corrected chi connectivity index (χ3v) is 5.45. The molecule has 1 aromatic carbocycles. The maximum atomic E-state index is 12.7. The van der Waals surface area contributed by atoms with E-state index in [-0.39, 0.29) is 5.91 Å². The number of carboxylic acids is 1. The number of amides is 1. The number of fused-ring (bicyclic) bond motifs is 2. The van der Waals surface area contributed by atoms with Crippen LogP contribution in [-0.4, -0.2) is 34.2 Å². The molecular weight excluding hydrogens is 340 g/mol. The molecule has 2 bridgehead atoms. The molecule has 1 saturated heterocycles. The first-order valence-corrected chi connectivity index (χ1v) is 8.76. The van der Waals surface area contributed by atoms with Crippen molar-refractivity contribution in [2.45, 2.75) is 19.1 Å². The molecule has 3 heterocycles.